The van der Waals surface area contributed by atoms with Gasteiger partial charge in [-0.15, -0.1) is 0 Å². The summed E-state index contributed by atoms with van der Waals surface area (Å²) in [5.74, 6) is 2.38. The van der Waals surface area contributed by atoms with Crippen molar-refractivity contribution in [3.05, 3.63) is 18.2 Å². The van der Waals surface area contributed by atoms with E-state index in [-0.39, 0.29) is 10.8 Å². The van der Waals surface area contributed by atoms with E-state index in [1.807, 2.05) is 0 Å². The molecule has 0 aromatic heterocycles. The van der Waals surface area contributed by atoms with Gasteiger partial charge < -0.3 is 9.47 Å². The molecule has 0 unspecified atom stereocenters. The van der Waals surface area contributed by atoms with Crippen LogP contribution in [0, 0.1) is 23.2 Å². The molecule has 1 aromatic carbocycles. The molecule has 6 nitrogen and oxygen atoms in total. The number of benzene rings is 1. The van der Waals surface area contributed by atoms with E-state index in [9.17, 15) is 13.2 Å². The maximum atomic E-state index is 13.0. The third-order valence-electron chi connectivity index (χ3n) is 6.57. The Morgan fingerprint density at radius 2 is 1.54 bits per heavy atom. The van der Waals surface area contributed by atoms with E-state index < -0.39 is 15.4 Å². The van der Waals surface area contributed by atoms with Crippen LogP contribution in [0.4, 0.5) is 0 Å². The molecule has 6 rings (SSSR count). The van der Waals surface area contributed by atoms with Crippen LogP contribution in [0.15, 0.2) is 23.1 Å². The first-order valence-electron chi connectivity index (χ1n) is 9.40. The summed E-state index contributed by atoms with van der Waals surface area (Å²) in [7, 11) is -3.92. The third-order valence-corrected chi connectivity index (χ3v) is 7.90. The van der Waals surface area contributed by atoms with Gasteiger partial charge in [0.05, 0.1) is 10.3 Å². The first kappa shape index (κ1) is 16.4. The summed E-state index contributed by atoms with van der Waals surface area (Å²) >= 11 is 0. The van der Waals surface area contributed by atoms with E-state index in [0.717, 1.165) is 19.3 Å². The number of hydrogen-bond donors (Lipinski definition) is 1. The van der Waals surface area contributed by atoms with E-state index in [1.54, 1.807) is 6.07 Å². The van der Waals surface area contributed by atoms with Gasteiger partial charge in [0.15, 0.2) is 11.5 Å². The minimum Gasteiger partial charge on any atom is -0.486 e. The van der Waals surface area contributed by atoms with E-state index in [0.29, 0.717) is 42.5 Å². The summed E-state index contributed by atoms with van der Waals surface area (Å²) in [6.45, 7) is 0.831. The number of carbonyl (C=O) groups is 1. The number of amides is 1. The summed E-state index contributed by atoms with van der Waals surface area (Å²) in [5.41, 5.74) is -0.490. The van der Waals surface area contributed by atoms with Crippen molar-refractivity contribution in [3.8, 4) is 11.5 Å². The van der Waals surface area contributed by atoms with Gasteiger partial charge in [-0.2, -0.15) is 0 Å². The topological polar surface area (TPSA) is 81.7 Å². The summed E-state index contributed by atoms with van der Waals surface area (Å²) in [6.07, 6.45) is 6.13. The Morgan fingerprint density at radius 3 is 2.15 bits per heavy atom. The highest BCUT2D eigenvalue weighted by Crippen LogP contribution is 2.60. The number of nitrogens with one attached hydrogen (secondary N) is 1. The van der Waals surface area contributed by atoms with Gasteiger partial charge in [0.2, 0.25) is 5.91 Å². The second-order valence-corrected chi connectivity index (χ2v) is 10.1. The second kappa shape index (κ2) is 5.62. The van der Waals surface area contributed by atoms with E-state index >= 15 is 0 Å². The maximum absolute atomic E-state index is 13.0. The zero-order valence-electron chi connectivity index (χ0n) is 14.6. The number of sulfonamides is 1. The van der Waals surface area contributed by atoms with Crippen molar-refractivity contribution in [1.82, 2.24) is 4.72 Å². The van der Waals surface area contributed by atoms with Gasteiger partial charge in [-0.1, -0.05) is 0 Å². The fraction of sp³-hybridized carbons (Fsp3) is 0.632. The molecule has 1 aromatic rings. The molecule has 0 radical (unpaired) electrons. The first-order valence-corrected chi connectivity index (χ1v) is 10.9. The number of rotatable bonds is 3. The van der Waals surface area contributed by atoms with Crippen LogP contribution >= 0.6 is 0 Å². The largest absolute Gasteiger partial charge is 0.486 e. The van der Waals surface area contributed by atoms with Crippen LogP contribution in [-0.4, -0.2) is 27.5 Å². The lowest BCUT2D eigenvalue weighted by molar-refractivity contribution is -0.144. The lowest BCUT2D eigenvalue weighted by Crippen LogP contribution is -2.54. The summed E-state index contributed by atoms with van der Waals surface area (Å²) in [6, 6.07) is 4.48. The lowest BCUT2D eigenvalue weighted by Gasteiger charge is -2.55. The van der Waals surface area contributed by atoms with Crippen LogP contribution in [0.25, 0.3) is 0 Å². The predicted octanol–water partition coefficient (Wildman–Crippen LogP) is 2.48. The molecule has 140 valence electrons. The fourth-order valence-corrected chi connectivity index (χ4v) is 6.96. The van der Waals surface area contributed by atoms with Crippen LogP contribution in [0.2, 0.25) is 0 Å². The Bertz CT molecular complexity index is 827. The van der Waals surface area contributed by atoms with E-state index in [2.05, 4.69) is 4.72 Å². The molecule has 1 aliphatic heterocycles. The van der Waals surface area contributed by atoms with Gasteiger partial charge in [-0.05, 0) is 68.4 Å². The van der Waals surface area contributed by atoms with Crippen LogP contribution in [0.1, 0.15) is 38.5 Å². The summed E-state index contributed by atoms with van der Waals surface area (Å²) < 4.78 is 38.9. The quantitative estimate of drug-likeness (QED) is 0.875. The lowest BCUT2D eigenvalue weighted by atomic mass is 9.49. The molecule has 1 N–H and O–H groups in total. The number of ether oxygens (including phenoxy) is 2. The number of carbonyl (C=O) groups excluding carboxylic acids is 1. The van der Waals surface area contributed by atoms with E-state index in [1.165, 1.54) is 31.4 Å². The Labute approximate surface area is 153 Å². The van der Waals surface area contributed by atoms with Crippen molar-refractivity contribution in [2.75, 3.05) is 13.2 Å². The molecule has 0 atom stereocenters. The number of hydrogen-bond acceptors (Lipinski definition) is 5. The average Bonchev–Trinajstić information content (AvgIpc) is 2.60. The van der Waals surface area contributed by atoms with Crippen LogP contribution in [0.3, 0.4) is 0 Å². The SMILES string of the molecule is O=C(NS(=O)(=O)c1ccc2c(c1)OCCO2)C12CC3CC(CC(C3)C1)C2. The second-order valence-electron chi connectivity index (χ2n) is 8.44. The van der Waals surface area contributed by atoms with Crippen LogP contribution in [-0.2, 0) is 14.8 Å². The van der Waals surface area contributed by atoms with Crippen LogP contribution in [0.5, 0.6) is 11.5 Å². The predicted molar refractivity (Wildman–Crippen MR) is 93.4 cm³/mol. The Morgan fingerprint density at radius 1 is 0.962 bits per heavy atom. The molecule has 4 saturated carbocycles. The Kier molecular flexibility index (Phi) is 3.55. The van der Waals surface area contributed by atoms with Crippen molar-refractivity contribution in [3.63, 3.8) is 0 Å². The normalized spacial score (nSPS) is 34.5. The molecule has 26 heavy (non-hydrogen) atoms. The van der Waals surface area contributed by atoms with Gasteiger partial charge in [-0.3, -0.25) is 4.79 Å². The standard InChI is InChI=1S/C19H23NO5S/c21-18(19-9-12-5-13(10-19)7-14(6-12)11-19)20-26(22,23)15-1-2-16-17(8-15)25-4-3-24-16/h1-2,8,12-14H,3-7,9-11H2,(H,20,21). The number of fused-ring (bicyclic) bond motifs is 1. The highest BCUT2D eigenvalue weighted by molar-refractivity contribution is 7.90. The molecular formula is C19H23NO5S. The highest BCUT2D eigenvalue weighted by Gasteiger charge is 2.55. The van der Waals surface area contributed by atoms with Crippen molar-refractivity contribution in [2.24, 2.45) is 23.2 Å². The van der Waals surface area contributed by atoms with Gasteiger partial charge in [0.25, 0.3) is 10.0 Å². The zero-order valence-corrected chi connectivity index (χ0v) is 15.4. The molecule has 5 aliphatic rings. The molecule has 4 fully saturated rings. The van der Waals surface area contributed by atoms with Crippen molar-refractivity contribution in [2.45, 2.75) is 43.4 Å². The third kappa shape index (κ3) is 2.59. The van der Waals surface area contributed by atoms with Crippen LogP contribution < -0.4 is 14.2 Å². The molecule has 4 bridgehead atoms. The highest BCUT2D eigenvalue weighted by atomic mass is 32.2. The minimum absolute atomic E-state index is 0.0415. The molecule has 7 heteroatoms. The molecular weight excluding hydrogens is 354 g/mol. The monoisotopic (exact) mass is 377 g/mol. The summed E-state index contributed by atoms with van der Waals surface area (Å²) in [4.78, 5) is 13.1. The van der Waals surface area contributed by atoms with E-state index in [4.69, 9.17) is 9.47 Å². The molecule has 1 amide bonds. The van der Waals surface area contributed by atoms with Gasteiger partial charge in [-0.25, -0.2) is 13.1 Å². The first-order chi connectivity index (χ1) is 12.4. The van der Waals surface area contributed by atoms with Crippen molar-refractivity contribution < 1.29 is 22.7 Å². The summed E-state index contributed by atoms with van der Waals surface area (Å²) in [5, 5.41) is 0. The zero-order chi connectivity index (χ0) is 17.9. The Balaban J connectivity index is 1.39. The van der Waals surface area contributed by atoms with Gasteiger partial charge in [0.1, 0.15) is 13.2 Å². The smallest absolute Gasteiger partial charge is 0.264 e. The fourth-order valence-electron chi connectivity index (χ4n) is 5.87. The minimum atomic E-state index is -3.92. The van der Waals surface area contributed by atoms with Crippen molar-refractivity contribution in [1.29, 1.82) is 0 Å². The maximum Gasteiger partial charge on any atom is 0.264 e. The van der Waals surface area contributed by atoms with Crippen molar-refractivity contribution >= 4 is 15.9 Å². The average molecular weight is 377 g/mol. The molecule has 1 heterocycles. The molecule has 0 saturated heterocycles. The molecule has 4 aliphatic carbocycles. The molecule has 0 spiro atoms. The van der Waals surface area contributed by atoms with Gasteiger partial charge in [0, 0.05) is 6.07 Å². The van der Waals surface area contributed by atoms with Gasteiger partial charge >= 0.3 is 0 Å². The Hall–Kier alpha value is -1.76.